The minimum absolute atomic E-state index is 0.444. The quantitative estimate of drug-likeness (QED) is 0.555. The molecule has 0 aromatic heterocycles. The van der Waals surface area contributed by atoms with E-state index in [0.29, 0.717) is 11.3 Å². The van der Waals surface area contributed by atoms with Crippen molar-refractivity contribution in [2.24, 2.45) is 5.73 Å². The first-order valence-electron chi connectivity index (χ1n) is 3.83. The second-order valence-corrected chi connectivity index (χ2v) is 3.00. The molecule has 1 aromatic carbocycles. The van der Waals surface area contributed by atoms with Crippen LogP contribution in [0.1, 0.15) is 11.1 Å². The molecule has 0 aliphatic rings. The summed E-state index contributed by atoms with van der Waals surface area (Å²) in [6.07, 6.45) is 1.45. The number of thiocarbonyl (C=S) groups is 1. The van der Waals surface area contributed by atoms with Gasteiger partial charge in [0, 0.05) is 5.56 Å². The maximum Gasteiger partial charge on any atom is 0.104 e. The van der Waals surface area contributed by atoms with Gasteiger partial charge in [0.2, 0.25) is 0 Å². The van der Waals surface area contributed by atoms with E-state index >= 15 is 0 Å². The smallest absolute Gasteiger partial charge is 0.104 e. The fourth-order valence-electron chi connectivity index (χ4n) is 1.13. The topological polar surface area (TPSA) is 26.0 Å². The summed E-state index contributed by atoms with van der Waals surface area (Å²) < 4.78 is 0. The van der Waals surface area contributed by atoms with E-state index in [1.54, 1.807) is 0 Å². The van der Waals surface area contributed by atoms with Gasteiger partial charge in [0.15, 0.2) is 0 Å². The molecule has 0 fully saturated rings. The van der Waals surface area contributed by atoms with Crippen LogP contribution in [0.15, 0.2) is 24.3 Å². The van der Waals surface area contributed by atoms with Crippen LogP contribution in [0.4, 0.5) is 0 Å². The first kappa shape index (κ1) is 9.26. The van der Waals surface area contributed by atoms with Gasteiger partial charge in [-0.05, 0) is 12.0 Å². The van der Waals surface area contributed by atoms with Crippen molar-refractivity contribution in [1.29, 1.82) is 0 Å². The van der Waals surface area contributed by atoms with Crippen LogP contribution in [0.3, 0.4) is 0 Å². The highest BCUT2D eigenvalue weighted by Gasteiger charge is 2.01. The van der Waals surface area contributed by atoms with Crippen molar-refractivity contribution in [3.05, 3.63) is 35.4 Å². The molecule has 0 saturated heterocycles. The molecule has 0 bridgehead atoms. The Hall–Kier alpha value is -0.825. The number of hydrogen-bond acceptors (Lipinski definition) is 1. The zero-order chi connectivity index (χ0) is 8.97. The number of rotatable bonds is 3. The molecule has 0 unspecified atom stereocenters. The Bertz CT molecular complexity index is 286. The van der Waals surface area contributed by atoms with Gasteiger partial charge in [0.25, 0.3) is 0 Å². The van der Waals surface area contributed by atoms with E-state index in [1.807, 2.05) is 24.3 Å². The van der Waals surface area contributed by atoms with Crippen molar-refractivity contribution in [1.82, 2.24) is 0 Å². The van der Waals surface area contributed by atoms with Crippen molar-refractivity contribution in [2.45, 2.75) is 12.7 Å². The third kappa shape index (κ3) is 2.08. The van der Waals surface area contributed by atoms with Gasteiger partial charge >= 0.3 is 0 Å². The second-order valence-electron chi connectivity index (χ2n) is 2.56. The lowest BCUT2D eigenvalue weighted by atomic mass is 9.94. The molecule has 3 heteroatoms. The summed E-state index contributed by atoms with van der Waals surface area (Å²) >= 11 is 4.90. The molecule has 0 spiro atoms. The molecule has 2 N–H and O–H groups in total. The highest BCUT2D eigenvalue weighted by Crippen LogP contribution is 2.10. The zero-order valence-electron chi connectivity index (χ0n) is 6.79. The molecule has 0 atom stereocenters. The van der Waals surface area contributed by atoms with Crippen molar-refractivity contribution in [2.75, 3.05) is 0 Å². The van der Waals surface area contributed by atoms with Crippen LogP contribution in [-0.2, 0) is 6.42 Å². The van der Waals surface area contributed by atoms with E-state index in [4.69, 9.17) is 25.8 Å². The third-order valence-electron chi connectivity index (χ3n) is 1.70. The molecular formula is C9H10BNS. The number of nitrogens with two attached hydrogens (primary N) is 1. The summed E-state index contributed by atoms with van der Waals surface area (Å²) in [5.74, 6) is 0. The third-order valence-corrected chi connectivity index (χ3v) is 1.92. The highest BCUT2D eigenvalue weighted by molar-refractivity contribution is 7.80. The Morgan fingerprint density at radius 3 is 2.67 bits per heavy atom. The van der Waals surface area contributed by atoms with Crippen molar-refractivity contribution < 1.29 is 0 Å². The summed E-state index contributed by atoms with van der Waals surface area (Å²) in [6, 6.07) is 7.82. The van der Waals surface area contributed by atoms with Gasteiger partial charge in [-0.15, -0.1) is 0 Å². The predicted octanol–water partition coefficient (Wildman–Crippen LogP) is 1.45. The monoisotopic (exact) mass is 175 g/mol. The summed E-state index contributed by atoms with van der Waals surface area (Å²) in [7, 11) is 5.45. The molecule has 1 aromatic rings. The van der Waals surface area contributed by atoms with Crippen LogP contribution in [0.2, 0.25) is 6.32 Å². The molecule has 0 aliphatic carbocycles. The molecule has 60 valence electrons. The van der Waals surface area contributed by atoms with E-state index in [-0.39, 0.29) is 0 Å². The molecule has 1 rings (SSSR count). The highest BCUT2D eigenvalue weighted by atomic mass is 32.1. The van der Waals surface area contributed by atoms with Gasteiger partial charge in [-0.3, -0.25) is 0 Å². The van der Waals surface area contributed by atoms with E-state index in [0.717, 1.165) is 17.5 Å². The Morgan fingerprint density at radius 2 is 2.08 bits per heavy atom. The Labute approximate surface area is 79.4 Å². The van der Waals surface area contributed by atoms with Gasteiger partial charge in [-0.25, -0.2) is 0 Å². The van der Waals surface area contributed by atoms with Crippen LogP contribution >= 0.6 is 12.2 Å². The van der Waals surface area contributed by atoms with Crippen LogP contribution in [0, 0.1) is 0 Å². The second kappa shape index (κ2) is 4.26. The fraction of sp³-hybridized carbons (Fsp3) is 0.222. The molecular weight excluding hydrogens is 165 g/mol. The summed E-state index contributed by atoms with van der Waals surface area (Å²) in [5, 5.41) is 0. The predicted molar refractivity (Wildman–Crippen MR) is 56.6 cm³/mol. The van der Waals surface area contributed by atoms with Crippen LogP contribution in [0.5, 0.6) is 0 Å². The number of benzene rings is 1. The fourth-order valence-corrected chi connectivity index (χ4v) is 1.33. The normalized spacial score (nSPS) is 9.67. The van der Waals surface area contributed by atoms with E-state index < -0.39 is 0 Å². The van der Waals surface area contributed by atoms with Crippen molar-refractivity contribution in [3.63, 3.8) is 0 Å². The first-order valence-corrected chi connectivity index (χ1v) is 4.24. The first-order chi connectivity index (χ1) is 5.75. The lowest BCUT2D eigenvalue weighted by Crippen LogP contribution is -2.12. The Kier molecular flexibility index (Phi) is 3.29. The minimum atomic E-state index is 0.444. The summed E-state index contributed by atoms with van der Waals surface area (Å²) in [4.78, 5) is 0.444. The molecule has 12 heavy (non-hydrogen) atoms. The van der Waals surface area contributed by atoms with Gasteiger partial charge in [0.1, 0.15) is 4.99 Å². The largest absolute Gasteiger partial charge is 0.389 e. The average Bonchev–Trinajstić information content (AvgIpc) is 2.05. The van der Waals surface area contributed by atoms with Crippen molar-refractivity contribution in [3.8, 4) is 0 Å². The Morgan fingerprint density at radius 1 is 1.42 bits per heavy atom. The van der Waals surface area contributed by atoms with Crippen LogP contribution in [-0.4, -0.2) is 12.8 Å². The average molecular weight is 175 g/mol. The van der Waals surface area contributed by atoms with Gasteiger partial charge in [-0.1, -0.05) is 42.8 Å². The van der Waals surface area contributed by atoms with E-state index in [9.17, 15) is 0 Å². The maximum absolute atomic E-state index is 5.54. The SMILES string of the molecule is [B]CCc1ccccc1C(N)=S. The molecule has 0 aliphatic heterocycles. The van der Waals surface area contributed by atoms with Gasteiger partial charge in [0.05, 0.1) is 7.85 Å². The standard InChI is InChI=1S/C9H10BNS/c10-6-5-7-3-1-2-4-8(7)9(11)12/h1-4H,5-6H2,(H2,11,12). The van der Waals surface area contributed by atoms with E-state index in [1.165, 1.54) is 0 Å². The lowest BCUT2D eigenvalue weighted by Gasteiger charge is -2.05. The lowest BCUT2D eigenvalue weighted by molar-refractivity contribution is 1.13. The summed E-state index contributed by atoms with van der Waals surface area (Å²) in [6.45, 7) is 0. The molecule has 2 radical (unpaired) electrons. The number of aryl methyl sites for hydroxylation is 1. The number of hydrogen-bond donors (Lipinski definition) is 1. The van der Waals surface area contributed by atoms with Gasteiger partial charge < -0.3 is 5.73 Å². The summed E-state index contributed by atoms with van der Waals surface area (Å²) in [5.41, 5.74) is 7.61. The molecule has 0 heterocycles. The minimum Gasteiger partial charge on any atom is -0.389 e. The van der Waals surface area contributed by atoms with Crippen LogP contribution in [0.25, 0.3) is 0 Å². The zero-order valence-corrected chi connectivity index (χ0v) is 7.60. The van der Waals surface area contributed by atoms with Crippen molar-refractivity contribution >= 4 is 25.1 Å². The Balaban J connectivity index is 3.00. The van der Waals surface area contributed by atoms with E-state index in [2.05, 4.69) is 0 Å². The molecule has 0 saturated carbocycles. The maximum atomic E-state index is 5.54. The molecule has 0 amide bonds. The molecule has 1 nitrogen and oxygen atoms in total. The van der Waals surface area contributed by atoms with Gasteiger partial charge in [-0.2, -0.15) is 0 Å². The van der Waals surface area contributed by atoms with Crippen LogP contribution < -0.4 is 5.73 Å².